The van der Waals surface area contributed by atoms with E-state index in [-0.39, 0.29) is 34.7 Å². The Morgan fingerprint density at radius 2 is 1.90 bits per heavy atom. The molecule has 0 saturated heterocycles. The molecule has 0 saturated carbocycles. The van der Waals surface area contributed by atoms with E-state index in [9.17, 15) is 22.8 Å². The minimum Gasteiger partial charge on any atom is -0.458 e. The summed E-state index contributed by atoms with van der Waals surface area (Å²) < 4.78 is 42.7. The van der Waals surface area contributed by atoms with Crippen LogP contribution in [0.5, 0.6) is 0 Å². The van der Waals surface area contributed by atoms with E-state index in [1.807, 2.05) is 0 Å². The Kier molecular flexibility index (Phi) is 6.28. The van der Waals surface area contributed by atoms with Gasteiger partial charge in [0.05, 0.1) is 6.54 Å². The number of nitrogens with one attached hydrogen (secondary N) is 2. The number of amides is 2. The van der Waals surface area contributed by atoms with Gasteiger partial charge >= 0.3 is 5.51 Å². The molecule has 3 aromatic rings. The molecule has 0 fully saturated rings. The molecule has 2 N–H and O–H groups in total. The lowest BCUT2D eigenvalue weighted by Crippen LogP contribution is -2.18. The first kappa shape index (κ1) is 20.9. The normalized spacial score (nSPS) is 11.3. The SMILES string of the molecule is CC(=O)NCc1ccc(-c2csc(NC(=O)c3ccc(SC(F)(F)F)cc3)n2)o1. The summed E-state index contributed by atoms with van der Waals surface area (Å²) >= 11 is 0.938. The maximum Gasteiger partial charge on any atom is 0.446 e. The number of rotatable bonds is 6. The highest BCUT2D eigenvalue weighted by Crippen LogP contribution is 2.36. The van der Waals surface area contributed by atoms with E-state index in [0.717, 1.165) is 0 Å². The van der Waals surface area contributed by atoms with E-state index in [2.05, 4.69) is 15.6 Å². The summed E-state index contributed by atoms with van der Waals surface area (Å²) in [6, 6.07) is 8.52. The van der Waals surface area contributed by atoms with E-state index in [4.69, 9.17) is 4.42 Å². The van der Waals surface area contributed by atoms with Crippen LogP contribution in [0.15, 0.2) is 51.1 Å². The number of furan rings is 1. The zero-order valence-electron chi connectivity index (χ0n) is 14.9. The number of thiazole rings is 1. The van der Waals surface area contributed by atoms with E-state index in [0.29, 0.717) is 22.3 Å². The molecule has 0 unspecified atom stereocenters. The summed E-state index contributed by atoms with van der Waals surface area (Å²) in [7, 11) is 0. The van der Waals surface area contributed by atoms with Crippen molar-refractivity contribution in [2.75, 3.05) is 5.32 Å². The van der Waals surface area contributed by atoms with Gasteiger partial charge in [0, 0.05) is 22.8 Å². The predicted molar refractivity (Wildman–Crippen MR) is 104 cm³/mol. The molecule has 0 spiro atoms. The van der Waals surface area contributed by atoms with Crippen molar-refractivity contribution >= 4 is 40.0 Å². The molecule has 6 nitrogen and oxygen atoms in total. The van der Waals surface area contributed by atoms with E-state index < -0.39 is 11.4 Å². The molecule has 3 rings (SSSR count). The van der Waals surface area contributed by atoms with Gasteiger partial charge in [0.2, 0.25) is 5.91 Å². The predicted octanol–water partition coefficient (Wildman–Crippen LogP) is 4.90. The largest absolute Gasteiger partial charge is 0.458 e. The average Bonchev–Trinajstić information content (AvgIpc) is 3.28. The van der Waals surface area contributed by atoms with Gasteiger partial charge in [0.25, 0.3) is 5.91 Å². The molecule has 2 heterocycles. The fraction of sp³-hybridized carbons (Fsp3) is 0.167. The van der Waals surface area contributed by atoms with Gasteiger partial charge in [-0.1, -0.05) is 0 Å². The third-order valence-corrected chi connectivity index (χ3v) is 5.00. The van der Waals surface area contributed by atoms with Crippen molar-refractivity contribution in [3.63, 3.8) is 0 Å². The first-order valence-corrected chi connectivity index (χ1v) is 9.85. The van der Waals surface area contributed by atoms with E-state index >= 15 is 0 Å². The fourth-order valence-corrected chi connectivity index (χ4v) is 3.48. The maximum atomic E-state index is 12.4. The van der Waals surface area contributed by atoms with Crippen molar-refractivity contribution < 1.29 is 27.2 Å². The number of alkyl halides is 3. The molecule has 0 aliphatic heterocycles. The minimum absolute atomic E-state index is 0.00142. The second-order valence-electron chi connectivity index (χ2n) is 5.74. The zero-order valence-corrected chi connectivity index (χ0v) is 16.5. The Bertz CT molecular complexity index is 1010. The highest BCUT2D eigenvalue weighted by atomic mass is 32.2. The van der Waals surface area contributed by atoms with Crippen LogP contribution in [0.1, 0.15) is 23.0 Å². The summed E-state index contributed by atoms with van der Waals surface area (Å²) in [5.74, 6) is 0.383. The number of hydrogen-bond donors (Lipinski definition) is 2. The topological polar surface area (TPSA) is 84.2 Å². The number of aromatic nitrogens is 1. The summed E-state index contributed by atoms with van der Waals surface area (Å²) in [6.07, 6.45) is 0. The molecule has 2 amide bonds. The van der Waals surface area contributed by atoms with E-state index in [1.165, 1.54) is 42.5 Å². The van der Waals surface area contributed by atoms with E-state index in [1.54, 1.807) is 17.5 Å². The van der Waals surface area contributed by atoms with Gasteiger partial charge in [-0.3, -0.25) is 14.9 Å². The van der Waals surface area contributed by atoms with Gasteiger partial charge in [0.15, 0.2) is 10.9 Å². The van der Waals surface area contributed by atoms with Crippen molar-refractivity contribution in [3.05, 3.63) is 53.1 Å². The molecule has 0 bridgehead atoms. The number of halogens is 3. The first-order chi connectivity index (χ1) is 13.7. The van der Waals surface area contributed by atoms with Crippen molar-refractivity contribution in [1.82, 2.24) is 10.3 Å². The fourth-order valence-electron chi connectivity index (χ4n) is 2.24. The zero-order chi connectivity index (χ0) is 21.0. The Morgan fingerprint density at radius 1 is 1.17 bits per heavy atom. The Morgan fingerprint density at radius 3 is 2.55 bits per heavy atom. The molecule has 0 aliphatic rings. The molecular weight excluding hydrogens is 427 g/mol. The second kappa shape index (κ2) is 8.70. The van der Waals surface area contributed by atoms with Crippen LogP contribution in [-0.4, -0.2) is 22.3 Å². The Labute approximate surface area is 171 Å². The summed E-state index contributed by atoms with van der Waals surface area (Å²) in [4.78, 5) is 27.5. The van der Waals surface area contributed by atoms with Crippen LogP contribution in [0.2, 0.25) is 0 Å². The smallest absolute Gasteiger partial charge is 0.446 e. The monoisotopic (exact) mass is 441 g/mol. The second-order valence-corrected chi connectivity index (χ2v) is 7.74. The van der Waals surface area contributed by atoms with Crippen LogP contribution < -0.4 is 10.6 Å². The minimum atomic E-state index is -4.38. The highest BCUT2D eigenvalue weighted by molar-refractivity contribution is 8.00. The number of anilines is 1. The number of benzene rings is 1. The van der Waals surface area contributed by atoms with Crippen LogP contribution in [0.4, 0.5) is 18.3 Å². The number of carbonyl (C=O) groups excluding carboxylic acids is 2. The summed E-state index contributed by atoms with van der Waals surface area (Å²) in [5, 5.41) is 7.24. The standard InChI is InChI=1S/C18H14F3N3O3S2/c1-10(25)22-8-12-4-7-15(27-12)14-9-28-17(23-14)24-16(26)11-2-5-13(6-3-11)29-18(19,20)21/h2-7,9H,8H2,1H3,(H,22,25)(H,23,24,26). The van der Waals surface area contributed by atoms with Gasteiger partial charge in [0.1, 0.15) is 11.5 Å². The molecule has 11 heteroatoms. The quantitative estimate of drug-likeness (QED) is 0.532. The van der Waals surface area contributed by atoms with Crippen molar-refractivity contribution in [2.45, 2.75) is 23.9 Å². The van der Waals surface area contributed by atoms with Crippen LogP contribution >= 0.6 is 23.1 Å². The average molecular weight is 441 g/mol. The molecule has 1 aromatic carbocycles. The molecule has 0 aliphatic carbocycles. The number of hydrogen-bond acceptors (Lipinski definition) is 6. The third kappa shape index (κ3) is 6.09. The van der Waals surface area contributed by atoms with Gasteiger partial charge in [-0.05, 0) is 48.2 Å². The van der Waals surface area contributed by atoms with Crippen LogP contribution in [0.25, 0.3) is 11.5 Å². The first-order valence-electron chi connectivity index (χ1n) is 8.16. The molecule has 2 aromatic heterocycles. The molecule has 152 valence electrons. The van der Waals surface area contributed by atoms with Crippen molar-refractivity contribution in [2.24, 2.45) is 0 Å². The lowest BCUT2D eigenvalue weighted by Gasteiger charge is -2.06. The summed E-state index contributed by atoms with van der Waals surface area (Å²) in [6.45, 7) is 1.66. The van der Waals surface area contributed by atoms with Gasteiger partial charge in [-0.25, -0.2) is 4.98 Å². The van der Waals surface area contributed by atoms with Crippen LogP contribution in [-0.2, 0) is 11.3 Å². The van der Waals surface area contributed by atoms with Crippen molar-refractivity contribution in [3.8, 4) is 11.5 Å². The lowest BCUT2D eigenvalue weighted by molar-refractivity contribution is -0.119. The molecule has 29 heavy (non-hydrogen) atoms. The van der Waals surface area contributed by atoms with Crippen molar-refractivity contribution in [1.29, 1.82) is 0 Å². The van der Waals surface area contributed by atoms with Gasteiger partial charge in [-0.2, -0.15) is 13.2 Å². The van der Waals surface area contributed by atoms with Gasteiger partial charge < -0.3 is 9.73 Å². The number of thioether (sulfide) groups is 1. The number of nitrogens with zero attached hydrogens (tertiary/aromatic N) is 1. The van der Waals surface area contributed by atoms with Crippen LogP contribution in [0.3, 0.4) is 0 Å². The lowest BCUT2D eigenvalue weighted by atomic mass is 10.2. The molecule has 0 atom stereocenters. The Hall–Kier alpha value is -2.79. The van der Waals surface area contributed by atoms with Gasteiger partial charge in [-0.15, -0.1) is 11.3 Å². The molecule has 0 radical (unpaired) electrons. The highest BCUT2D eigenvalue weighted by Gasteiger charge is 2.29. The Balaban J connectivity index is 1.62. The van der Waals surface area contributed by atoms with Crippen LogP contribution in [0, 0.1) is 0 Å². The number of carbonyl (C=O) groups is 2. The maximum absolute atomic E-state index is 12.4. The summed E-state index contributed by atoms with van der Waals surface area (Å²) in [5.41, 5.74) is -3.66. The molecular formula is C18H14F3N3O3S2. The third-order valence-electron chi connectivity index (χ3n) is 3.50.